The van der Waals surface area contributed by atoms with Gasteiger partial charge in [-0.15, -0.1) is 0 Å². The quantitative estimate of drug-likeness (QED) is 0.837. The first-order chi connectivity index (χ1) is 9.83. The molecule has 21 heavy (non-hydrogen) atoms. The lowest BCUT2D eigenvalue weighted by molar-refractivity contribution is 0.0522. The minimum Gasteiger partial charge on any atom is -0.377 e. The zero-order chi connectivity index (χ0) is 15.5. The van der Waals surface area contributed by atoms with Crippen molar-refractivity contribution in [2.45, 2.75) is 64.6 Å². The maximum absolute atomic E-state index is 12.0. The Morgan fingerprint density at radius 1 is 1.33 bits per heavy atom. The molecule has 2 heterocycles. The fourth-order valence-electron chi connectivity index (χ4n) is 3.23. The molecule has 2 saturated heterocycles. The Hall–Kier alpha value is -0.810. The van der Waals surface area contributed by atoms with Gasteiger partial charge in [-0.25, -0.2) is 4.79 Å². The van der Waals surface area contributed by atoms with Gasteiger partial charge in [0.15, 0.2) is 0 Å². The predicted molar refractivity (Wildman–Crippen MR) is 84.4 cm³/mol. The van der Waals surface area contributed by atoms with Crippen molar-refractivity contribution in [3.05, 3.63) is 0 Å². The fraction of sp³-hybridized carbons (Fsp3) is 0.938. The van der Waals surface area contributed by atoms with Gasteiger partial charge < -0.3 is 20.3 Å². The third kappa shape index (κ3) is 5.47. The summed E-state index contributed by atoms with van der Waals surface area (Å²) in [5, 5.41) is 6.10. The summed E-state index contributed by atoms with van der Waals surface area (Å²) in [6.45, 7) is 12.3. The Bertz CT molecular complexity index is 348. The summed E-state index contributed by atoms with van der Waals surface area (Å²) < 4.78 is 5.72. The molecule has 2 rings (SSSR count). The highest BCUT2D eigenvalue weighted by Crippen LogP contribution is 2.20. The van der Waals surface area contributed by atoms with E-state index >= 15 is 0 Å². The second kappa shape index (κ2) is 6.97. The number of hydrogen-bond acceptors (Lipinski definition) is 3. The van der Waals surface area contributed by atoms with Crippen LogP contribution in [-0.4, -0.2) is 54.9 Å². The summed E-state index contributed by atoms with van der Waals surface area (Å²) in [5.41, 5.74) is -0.187. The molecule has 5 heteroatoms. The van der Waals surface area contributed by atoms with Crippen LogP contribution >= 0.6 is 0 Å². The van der Waals surface area contributed by atoms with Crippen molar-refractivity contribution in [2.75, 3.05) is 26.2 Å². The summed E-state index contributed by atoms with van der Waals surface area (Å²) in [4.78, 5) is 14.5. The van der Waals surface area contributed by atoms with E-state index in [9.17, 15) is 4.79 Å². The number of hydrogen-bond donors (Lipinski definition) is 2. The van der Waals surface area contributed by atoms with E-state index in [2.05, 4.69) is 22.5 Å². The van der Waals surface area contributed by atoms with Crippen LogP contribution in [0.5, 0.6) is 0 Å². The Balaban J connectivity index is 1.74. The minimum absolute atomic E-state index is 0.0491. The molecule has 0 aliphatic carbocycles. The van der Waals surface area contributed by atoms with Crippen LogP contribution in [0.1, 0.15) is 47.0 Å². The van der Waals surface area contributed by atoms with Gasteiger partial charge in [-0.3, -0.25) is 0 Å². The topological polar surface area (TPSA) is 53.6 Å². The summed E-state index contributed by atoms with van der Waals surface area (Å²) in [5.74, 6) is 0.478. The number of carbonyl (C=O) groups excluding carboxylic acids is 1. The van der Waals surface area contributed by atoms with Crippen LogP contribution in [0, 0.1) is 5.92 Å². The molecule has 3 atom stereocenters. The molecule has 0 unspecified atom stereocenters. The molecule has 0 radical (unpaired) electrons. The normalized spacial score (nSPS) is 31.1. The van der Waals surface area contributed by atoms with Crippen molar-refractivity contribution in [1.29, 1.82) is 0 Å². The first kappa shape index (κ1) is 16.6. The highest BCUT2D eigenvalue weighted by molar-refractivity contribution is 5.75. The summed E-state index contributed by atoms with van der Waals surface area (Å²) >= 11 is 0. The van der Waals surface area contributed by atoms with E-state index in [1.54, 1.807) is 0 Å². The van der Waals surface area contributed by atoms with Crippen LogP contribution in [0.2, 0.25) is 0 Å². The number of likely N-dealkylation sites (tertiary alicyclic amines) is 1. The van der Waals surface area contributed by atoms with E-state index in [0.29, 0.717) is 12.0 Å². The fourth-order valence-corrected chi connectivity index (χ4v) is 3.23. The number of urea groups is 1. The molecule has 5 nitrogen and oxygen atoms in total. The molecule has 2 fully saturated rings. The van der Waals surface area contributed by atoms with E-state index in [1.165, 1.54) is 12.8 Å². The Labute approximate surface area is 128 Å². The number of piperidine rings is 1. The number of nitrogens with zero attached hydrogens (tertiary/aromatic N) is 1. The molecule has 0 aromatic rings. The van der Waals surface area contributed by atoms with Gasteiger partial charge in [0.1, 0.15) is 0 Å². The number of carbonyl (C=O) groups is 1. The third-order valence-corrected chi connectivity index (χ3v) is 4.28. The molecule has 0 saturated carbocycles. The number of ether oxygens (including phenoxy) is 1. The van der Waals surface area contributed by atoms with E-state index in [4.69, 9.17) is 4.74 Å². The van der Waals surface area contributed by atoms with Gasteiger partial charge in [0, 0.05) is 37.8 Å². The molecule has 2 amide bonds. The van der Waals surface area contributed by atoms with Crippen LogP contribution in [0.4, 0.5) is 4.79 Å². The molecular formula is C16H31N3O2. The molecule has 0 aromatic heterocycles. The lowest BCUT2D eigenvalue weighted by atomic mass is 9.93. The monoisotopic (exact) mass is 297 g/mol. The number of amides is 2. The highest BCUT2D eigenvalue weighted by Gasteiger charge is 2.29. The molecule has 0 bridgehead atoms. The zero-order valence-electron chi connectivity index (χ0n) is 13.9. The van der Waals surface area contributed by atoms with E-state index < -0.39 is 0 Å². The van der Waals surface area contributed by atoms with Gasteiger partial charge in [-0.2, -0.15) is 0 Å². The van der Waals surface area contributed by atoms with Gasteiger partial charge in [-0.1, -0.05) is 6.92 Å². The second-order valence-electron chi connectivity index (χ2n) is 7.62. The standard InChI is InChI=1S/C16H31N3O2/c1-12-10-19(11-13-6-5-9-21-13)8-7-14(12)17-15(20)18-16(2,3)4/h12-14H,5-11H2,1-4H3,(H2,17,18,20)/t12-,13+,14-/m1/s1. The van der Waals surface area contributed by atoms with Crippen molar-refractivity contribution >= 4 is 6.03 Å². The first-order valence-electron chi connectivity index (χ1n) is 8.26. The van der Waals surface area contributed by atoms with Gasteiger partial charge in [-0.05, 0) is 46.0 Å². The zero-order valence-corrected chi connectivity index (χ0v) is 13.9. The highest BCUT2D eigenvalue weighted by atomic mass is 16.5. The molecular weight excluding hydrogens is 266 g/mol. The SMILES string of the molecule is C[C@@H]1CN(C[C@@H]2CCCO2)CC[C@H]1NC(=O)NC(C)(C)C. The maximum Gasteiger partial charge on any atom is 0.315 e. The average Bonchev–Trinajstić information content (AvgIpc) is 2.83. The summed E-state index contributed by atoms with van der Waals surface area (Å²) in [6.07, 6.45) is 3.84. The van der Waals surface area contributed by atoms with E-state index in [1.807, 2.05) is 20.8 Å². The smallest absolute Gasteiger partial charge is 0.315 e. The lowest BCUT2D eigenvalue weighted by Crippen LogP contribution is -2.55. The third-order valence-electron chi connectivity index (χ3n) is 4.28. The van der Waals surface area contributed by atoms with Crippen LogP contribution in [0.25, 0.3) is 0 Å². The molecule has 2 aliphatic heterocycles. The van der Waals surface area contributed by atoms with Crippen molar-refractivity contribution < 1.29 is 9.53 Å². The Morgan fingerprint density at radius 2 is 2.10 bits per heavy atom. The van der Waals surface area contributed by atoms with E-state index in [-0.39, 0.29) is 17.6 Å². The van der Waals surface area contributed by atoms with Gasteiger partial charge >= 0.3 is 6.03 Å². The van der Waals surface area contributed by atoms with Crippen LogP contribution in [-0.2, 0) is 4.74 Å². The van der Waals surface area contributed by atoms with Crippen molar-refractivity contribution in [3.8, 4) is 0 Å². The maximum atomic E-state index is 12.0. The molecule has 0 aromatic carbocycles. The largest absolute Gasteiger partial charge is 0.377 e. The Morgan fingerprint density at radius 3 is 2.67 bits per heavy atom. The average molecular weight is 297 g/mol. The molecule has 2 N–H and O–H groups in total. The summed E-state index contributed by atoms with van der Waals surface area (Å²) in [6, 6.07) is 0.222. The van der Waals surface area contributed by atoms with Crippen LogP contribution in [0.15, 0.2) is 0 Å². The van der Waals surface area contributed by atoms with Crippen LogP contribution in [0.3, 0.4) is 0 Å². The summed E-state index contributed by atoms with van der Waals surface area (Å²) in [7, 11) is 0. The van der Waals surface area contributed by atoms with Crippen LogP contribution < -0.4 is 10.6 Å². The van der Waals surface area contributed by atoms with Crippen molar-refractivity contribution in [2.24, 2.45) is 5.92 Å². The van der Waals surface area contributed by atoms with Crippen molar-refractivity contribution in [1.82, 2.24) is 15.5 Å². The van der Waals surface area contributed by atoms with Gasteiger partial charge in [0.2, 0.25) is 0 Å². The molecule has 0 spiro atoms. The lowest BCUT2D eigenvalue weighted by Gasteiger charge is -2.38. The minimum atomic E-state index is -0.187. The second-order valence-corrected chi connectivity index (χ2v) is 7.62. The number of nitrogens with one attached hydrogen (secondary N) is 2. The molecule has 2 aliphatic rings. The molecule has 122 valence electrons. The van der Waals surface area contributed by atoms with Gasteiger partial charge in [0.25, 0.3) is 0 Å². The van der Waals surface area contributed by atoms with Gasteiger partial charge in [0.05, 0.1) is 6.10 Å². The van der Waals surface area contributed by atoms with Crippen molar-refractivity contribution in [3.63, 3.8) is 0 Å². The Kier molecular flexibility index (Phi) is 5.49. The number of rotatable bonds is 3. The van der Waals surface area contributed by atoms with E-state index in [0.717, 1.165) is 32.7 Å². The first-order valence-corrected chi connectivity index (χ1v) is 8.26. The predicted octanol–water partition coefficient (Wildman–Crippen LogP) is 1.97.